The summed E-state index contributed by atoms with van der Waals surface area (Å²) in [5, 5.41) is 9.62. The number of hydrogen-bond donors (Lipinski definition) is 2. The maximum absolute atomic E-state index is 11.4. The lowest BCUT2D eigenvalue weighted by Gasteiger charge is -1.96. The van der Waals surface area contributed by atoms with Crippen molar-refractivity contribution in [2.75, 3.05) is 0 Å². The molecule has 4 heteroatoms. The Morgan fingerprint density at radius 1 is 1.31 bits per heavy atom. The Morgan fingerprint density at radius 2 is 2.00 bits per heavy atom. The maximum Gasteiger partial charge on any atom is 0.335 e. The molecule has 1 aromatic heterocycles. The number of Topliss-reactive ketones (excluding diaryl/α,β-unsaturated/α-hetero) is 1. The third-order valence-corrected chi connectivity index (χ3v) is 2.59. The third-order valence-electron chi connectivity index (χ3n) is 2.59. The molecular weight excluding hydrogens is 206 g/mol. The van der Waals surface area contributed by atoms with Gasteiger partial charge in [-0.2, -0.15) is 0 Å². The van der Waals surface area contributed by atoms with Crippen molar-refractivity contribution in [2.45, 2.75) is 13.8 Å². The van der Waals surface area contributed by atoms with Crippen LogP contribution >= 0.6 is 0 Å². The summed E-state index contributed by atoms with van der Waals surface area (Å²) in [4.78, 5) is 25.2. The Hall–Kier alpha value is -2.10. The molecule has 0 saturated heterocycles. The van der Waals surface area contributed by atoms with E-state index in [0.29, 0.717) is 11.1 Å². The molecule has 1 heterocycles. The minimum absolute atomic E-state index is 0.0215. The highest BCUT2D eigenvalue weighted by Gasteiger charge is 2.13. The monoisotopic (exact) mass is 217 g/mol. The zero-order valence-electron chi connectivity index (χ0n) is 9.00. The van der Waals surface area contributed by atoms with Crippen molar-refractivity contribution in [3.63, 3.8) is 0 Å². The quantitative estimate of drug-likeness (QED) is 0.758. The van der Waals surface area contributed by atoms with Crippen molar-refractivity contribution in [2.24, 2.45) is 0 Å². The Balaban J connectivity index is 2.75. The summed E-state index contributed by atoms with van der Waals surface area (Å²) in [5.74, 6) is -0.995. The van der Waals surface area contributed by atoms with Gasteiger partial charge in [-0.1, -0.05) is 6.07 Å². The molecule has 0 bridgehead atoms. The van der Waals surface area contributed by atoms with Gasteiger partial charge in [-0.05, 0) is 26.0 Å². The molecule has 4 nitrogen and oxygen atoms in total. The Morgan fingerprint density at radius 3 is 2.56 bits per heavy atom. The molecule has 0 unspecified atom stereocenters. The number of nitrogens with one attached hydrogen (secondary N) is 1. The minimum atomic E-state index is -0.974. The standard InChI is InChI=1S/C12H11NO3/c1-6-11(7(2)14)9-4-3-8(12(15)16)5-10(9)13-6/h3-5,13H,1-2H3,(H,15,16). The van der Waals surface area contributed by atoms with Crippen LogP contribution in [0.2, 0.25) is 0 Å². The van der Waals surface area contributed by atoms with Crippen LogP contribution in [0.3, 0.4) is 0 Å². The summed E-state index contributed by atoms with van der Waals surface area (Å²) in [6.07, 6.45) is 0. The van der Waals surface area contributed by atoms with Crippen LogP contribution in [0.25, 0.3) is 10.9 Å². The molecule has 0 atom stereocenters. The number of hydrogen-bond acceptors (Lipinski definition) is 2. The van der Waals surface area contributed by atoms with Gasteiger partial charge in [0.05, 0.1) is 5.56 Å². The van der Waals surface area contributed by atoms with Crippen LogP contribution in [0.5, 0.6) is 0 Å². The highest BCUT2D eigenvalue weighted by Crippen LogP contribution is 2.23. The molecule has 0 saturated carbocycles. The van der Waals surface area contributed by atoms with Gasteiger partial charge in [-0.25, -0.2) is 4.79 Å². The fourth-order valence-corrected chi connectivity index (χ4v) is 1.92. The number of aryl methyl sites for hydroxylation is 1. The van der Waals surface area contributed by atoms with E-state index in [1.54, 1.807) is 13.0 Å². The third kappa shape index (κ3) is 1.48. The predicted molar refractivity (Wildman–Crippen MR) is 60.0 cm³/mol. The molecule has 0 aliphatic heterocycles. The molecule has 82 valence electrons. The van der Waals surface area contributed by atoms with Crippen molar-refractivity contribution in [3.8, 4) is 0 Å². The van der Waals surface area contributed by atoms with Gasteiger partial charge in [-0.15, -0.1) is 0 Å². The number of carboxylic acid groups (broad SMARTS) is 1. The maximum atomic E-state index is 11.4. The molecule has 2 N–H and O–H groups in total. The van der Waals surface area contributed by atoms with Gasteiger partial charge in [0.15, 0.2) is 5.78 Å². The number of H-pyrrole nitrogens is 1. The molecule has 1 aromatic carbocycles. The SMILES string of the molecule is CC(=O)c1c(C)[nH]c2cc(C(=O)O)ccc12. The van der Waals surface area contributed by atoms with Gasteiger partial charge in [0, 0.05) is 22.2 Å². The van der Waals surface area contributed by atoms with E-state index >= 15 is 0 Å². The van der Waals surface area contributed by atoms with Gasteiger partial charge in [0.25, 0.3) is 0 Å². The topological polar surface area (TPSA) is 70.2 Å². The Labute approximate surface area is 91.9 Å². The summed E-state index contributed by atoms with van der Waals surface area (Å²) < 4.78 is 0. The average molecular weight is 217 g/mol. The van der Waals surface area contributed by atoms with Crippen molar-refractivity contribution < 1.29 is 14.7 Å². The number of aromatic amines is 1. The summed E-state index contributed by atoms with van der Waals surface area (Å²) in [6.45, 7) is 3.30. The summed E-state index contributed by atoms with van der Waals surface area (Å²) in [7, 11) is 0. The van der Waals surface area contributed by atoms with Crippen molar-refractivity contribution in [1.29, 1.82) is 0 Å². The Bertz CT molecular complexity index is 596. The molecule has 0 aliphatic rings. The van der Waals surface area contributed by atoms with Gasteiger partial charge < -0.3 is 10.1 Å². The number of aromatic nitrogens is 1. The lowest BCUT2D eigenvalue weighted by atomic mass is 10.1. The van der Waals surface area contributed by atoms with E-state index in [4.69, 9.17) is 5.11 Å². The first kappa shape index (κ1) is 10.4. The fourth-order valence-electron chi connectivity index (χ4n) is 1.92. The van der Waals surface area contributed by atoms with E-state index in [-0.39, 0.29) is 11.3 Å². The van der Waals surface area contributed by atoms with Crippen molar-refractivity contribution in [1.82, 2.24) is 4.98 Å². The number of fused-ring (bicyclic) bond motifs is 1. The normalized spacial score (nSPS) is 10.6. The number of carboxylic acids is 1. The highest BCUT2D eigenvalue weighted by molar-refractivity contribution is 6.09. The molecule has 2 rings (SSSR count). The van der Waals surface area contributed by atoms with Crippen LogP contribution < -0.4 is 0 Å². The van der Waals surface area contributed by atoms with Crippen LogP contribution in [0.1, 0.15) is 33.3 Å². The average Bonchev–Trinajstić information content (AvgIpc) is 2.51. The number of ketones is 1. The lowest BCUT2D eigenvalue weighted by Crippen LogP contribution is -1.95. The summed E-state index contributed by atoms with van der Waals surface area (Å²) in [5.41, 5.74) is 2.29. The first-order valence-corrected chi connectivity index (χ1v) is 4.87. The molecule has 0 amide bonds. The van der Waals surface area contributed by atoms with Gasteiger partial charge >= 0.3 is 5.97 Å². The number of rotatable bonds is 2. The van der Waals surface area contributed by atoms with E-state index in [2.05, 4.69) is 4.98 Å². The van der Waals surface area contributed by atoms with E-state index in [1.807, 2.05) is 0 Å². The van der Waals surface area contributed by atoms with Crippen molar-refractivity contribution in [3.05, 3.63) is 35.0 Å². The first-order valence-electron chi connectivity index (χ1n) is 4.87. The second-order valence-corrected chi connectivity index (χ2v) is 3.75. The van der Waals surface area contributed by atoms with E-state index in [0.717, 1.165) is 11.1 Å². The van der Waals surface area contributed by atoms with Crippen LogP contribution in [0.15, 0.2) is 18.2 Å². The molecule has 0 spiro atoms. The molecule has 2 aromatic rings. The number of aromatic carboxylic acids is 1. The van der Waals surface area contributed by atoms with Crippen molar-refractivity contribution >= 4 is 22.7 Å². The molecular formula is C12H11NO3. The number of carbonyl (C=O) groups excluding carboxylic acids is 1. The lowest BCUT2D eigenvalue weighted by molar-refractivity contribution is 0.0697. The fraction of sp³-hybridized carbons (Fsp3) is 0.167. The van der Waals surface area contributed by atoms with Gasteiger partial charge in [0.1, 0.15) is 0 Å². The van der Waals surface area contributed by atoms with Gasteiger partial charge in [-0.3, -0.25) is 4.79 Å². The van der Waals surface area contributed by atoms with E-state index < -0.39 is 5.97 Å². The first-order chi connectivity index (χ1) is 7.50. The Kier molecular flexibility index (Phi) is 2.27. The second kappa shape index (κ2) is 3.48. The predicted octanol–water partition coefficient (Wildman–Crippen LogP) is 2.38. The van der Waals surface area contributed by atoms with Crippen LogP contribution in [0.4, 0.5) is 0 Å². The van der Waals surface area contributed by atoms with Gasteiger partial charge in [0.2, 0.25) is 0 Å². The van der Waals surface area contributed by atoms with Crippen LogP contribution in [-0.2, 0) is 0 Å². The molecule has 0 aliphatic carbocycles. The summed E-state index contributed by atoms with van der Waals surface area (Å²) >= 11 is 0. The smallest absolute Gasteiger partial charge is 0.335 e. The zero-order chi connectivity index (χ0) is 11.9. The molecule has 0 fully saturated rings. The minimum Gasteiger partial charge on any atom is -0.478 e. The highest BCUT2D eigenvalue weighted by atomic mass is 16.4. The zero-order valence-corrected chi connectivity index (χ0v) is 9.00. The second-order valence-electron chi connectivity index (χ2n) is 3.75. The van der Waals surface area contributed by atoms with Crippen LogP contribution in [-0.4, -0.2) is 21.8 Å². The molecule has 16 heavy (non-hydrogen) atoms. The number of benzene rings is 1. The number of carbonyl (C=O) groups is 2. The van der Waals surface area contributed by atoms with E-state index in [9.17, 15) is 9.59 Å². The van der Waals surface area contributed by atoms with Crippen LogP contribution in [0, 0.1) is 6.92 Å². The summed E-state index contributed by atoms with van der Waals surface area (Å²) in [6, 6.07) is 4.71. The molecule has 0 radical (unpaired) electrons. The van der Waals surface area contributed by atoms with E-state index in [1.165, 1.54) is 19.1 Å². The largest absolute Gasteiger partial charge is 0.478 e.